The van der Waals surface area contributed by atoms with Gasteiger partial charge in [-0.25, -0.2) is 0 Å². The Morgan fingerprint density at radius 2 is 1.42 bits per heavy atom. The number of hydrogen-bond acceptors (Lipinski definition) is 2. The number of carbonyl (C=O) groups excluding carboxylic acids is 2. The van der Waals surface area contributed by atoms with E-state index in [1.54, 1.807) is 0 Å². The van der Waals surface area contributed by atoms with Crippen molar-refractivity contribution in [2.24, 2.45) is 11.8 Å². The van der Waals surface area contributed by atoms with Crippen molar-refractivity contribution in [3.05, 3.63) is 29.8 Å². The summed E-state index contributed by atoms with van der Waals surface area (Å²) in [6.45, 7) is 2.12. The number of rotatable bonds is 5. The van der Waals surface area contributed by atoms with Crippen LogP contribution >= 0.6 is 0 Å². The van der Waals surface area contributed by atoms with Crippen molar-refractivity contribution in [1.82, 2.24) is 5.32 Å². The highest BCUT2D eigenvalue weighted by molar-refractivity contribution is 5.92. The fourth-order valence-corrected chi connectivity index (χ4v) is 4.25. The van der Waals surface area contributed by atoms with Gasteiger partial charge in [0.2, 0.25) is 11.8 Å². The molecule has 4 nitrogen and oxygen atoms in total. The number of benzene rings is 1. The first-order valence-electron chi connectivity index (χ1n) is 10.4. The molecule has 142 valence electrons. The lowest BCUT2D eigenvalue weighted by Gasteiger charge is -2.29. The molecular weight excluding hydrogens is 324 g/mol. The molecule has 0 bridgehead atoms. The highest BCUT2D eigenvalue weighted by atomic mass is 16.2. The molecule has 26 heavy (non-hydrogen) atoms. The molecule has 1 aromatic rings. The van der Waals surface area contributed by atoms with E-state index in [4.69, 9.17) is 0 Å². The van der Waals surface area contributed by atoms with Crippen LogP contribution in [0.5, 0.6) is 0 Å². The average molecular weight is 357 g/mol. The predicted molar refractivity (Wildman–Crippen MR) is 105 cm³/mol. The van der Waals surface area contributed by atoms with Crippen molar-refractivity contribution >= 4 is 17.5 Å². The number of nitrogens with one attached hydrogen (secondary N) is 2. The molecule has 0 unspecified atom stereocenters. The van der Waals surface area contributed by atoms with Crippen molar-refractivity contribution in [2.45, 2.75) is 77.2 Å². The van der Waals surface area contributed by atoms with Gasteiger partial charge >= 0.3 is 0 Å². The fraction of sp³-hybridized carbons (Fsp3) is 0.636. The van der Waals surface area contributed by atoms with Gasteiger partial charge in [-0.05, 0) is 62.6 Å². The van der Waals surface area contributed by atoms with Gasteiger partial charge in [0.15, 0.2) is 0 Å². The molecule has 0 radical (unpaired) electrons. The van der Waals surface area contributed by atoms with E-state index in [2.05, 4.69) is 29.7 Å². The van der Waals surface area contributed by atoms with Gasteiger partial charge in [0.05, 0.1) is 0 Å². The Hall–Kier alpha value is -1.84. The van der Waals surface area contributed by atoms with E-state index in [0.717, 1.165) is 50.6 Å². The fourth-order valence-electron chi connectivity index (χ4n) is 4.25. The Labute approximate surface area is 157 Å². The molecule has 0 aromatic heterocycles. The summed E-state index contributed by atoms with van der Waals surface area (Å²) >= 11 is 0. The quantitative estimate of drug-likeness (QED) is 0.819. The zero-order valence-electron chi connectivity index (χ0n) is 15.9. The second-order valence-electron chi connectivity index (χ2n) is 7.93. The average Bonchev–Trinajstić information content (AvgIpc) is 2.69. The molecule has 3 rings (SSSR count). The van der Waals surface area contributed by atoms with Crippen molar-refractivity contribution in [2.75, 3.05) is 5.32 Å². The maximum atomic E-state index is 12.5. The van der Waals surface area contributed by atoms with Crippen LogP contribution in [-0.2, 0) is 16.0 Å². The first kappa shape index (κ1) is 18.9. The molecule has 0 saturated heterocycles. The molecule has 2 aliphatic carbocycles. The van der Waals surface area contributed by atoms with Crippen LogP contribution in [0.25, 0.3) is 0 Å². The van der Waals surface area contributed by atoms with E-state index in [-0.39, 0.29) is 23.7 Å². The molecule has 2 aliphatic rings. The Morgan fingerprint density at radius 3 is 2.00 bits per heavy atom. The van der Waals surface area contributed by atoms with Gasteiger partial charge in [-0.1, -0.05) is 38.3 Å². The SMILES string of the molecule is CCc1ccc(NC(=O)C2CCC(C(=O)NC3CCCCC3)CC2)cc1. The maximum absolute atomic E-state index is 12.5. The Bertz CT molecular complexity index is 597. The van der Waals surface area contributed by atoms with Crippen molar-refractivity contribution < 1.29 is 9.59 Å². The van der Waals surface area contributed by atoms with Gasteiger partial charge in [-0.2, -0.15) is 0 Å². The summed E-state index contributed by atoms with van der Waals surface area (Å²) in [5, 5.41) is 6.28. The molecule has 2 amide bonds. The molecule has 0 atom stereocenters. The second kappa shape index (κ2) is 9.20. The summed E-state index contributed by atoms with van der Waals surface area (Å²) in [5.41, 5.74) is 2.14. The van der Waals surface area contributed by atoms with E-state index in [9.17, 15) is 9.59 Å². The lowest BCUT2D eigenvalue weighted by atomic mass is 9.80. The van der Waals surface area contributed by atoms with E-state index in [1.165, 1.54) is 24.8 Å². The minimum atomic E-state index is 0.0274. The number of amides is 2. The van der Waals surface area contributed by atoms with Gasteiger partial charge in [0.25, 0.3) is 0 Å². The topological polar surface area (TPSA) is 58.2 Å². The van der Waals surface area contributed by atoms with Crippen LogP contribution in [0, 0.1) is 11.8 Å². The smallest absolute Gasteiger partial charge is 0.227 e. The van der Waals surface area contributed by atoms with Crippen LogP contribution in [0.1, 0.15) is 70.3 Å². The van der Waals surface area contributed by atoms with Crippen LogP contribution < -0.4 is 10.6 Å². The first-order valence-corrected chi connectivity index (χ1v) is 10.4. The molecule has 0 aliphatic heterocycles. The van der Waals surface area contributed by atoms with Crippen LogP contribution in [0.15, 0.2) is 24.3 Å². The first-order chi connectivity index (χ1) is 12.7. The monoisotopic (exact) mass is 356 g/mol. The maximum Gasteiger partial charge on any atom is 0.227 e. The van der Waals surface area contributed by atoms with E-state index < -0.39 is 0 Å². The number of aryl methyl sites for hydroxylation is 1. The number of anilines is 1. The minimum Gasteiger partial charge on any atom is -0.353 e. The molecule has 2 saturated carbocycles. The molecule has 4 heteroatoms. The standard InChI is InChI=1S/C22H32N2O2/c1-2-16-8-14-20(15-9-16)24-22(26)18-12-10-17(11-13-18)21(25)23-19-6-4-3-5-7-19/h8-9,14-15,17-19H,2-7,10-13H2,1H3,(H,23,25)(H,24,26). The molecule has 2 fully saturated rings. The number of carbonyl (C=O) groups is 2. The second-order valence-corrected chi connectivity index (χ2v) is 7.93. The van der Waals surface area contributed by atoms with E-state index in [1.807, 2.05) is 12.1 Å². The third-order valence-electron chi connectivity index (χ3n) is 6.05. The Kier molecular flexibility index (Phi) is 6.70. The highest BCUT2D eigenvalue weighted by Gasteiger charge is 2.31. The minimum absolute atomic E-state index is 0.0274. The van der Waals surface area contributed by atoms with Crippen LogP contribution in [0.3, 0.4) is 0 Å². The van der Waals surface area contributed by atoms with Crippen molar-refractivity contribution in [1.29, 1.82) is 0 Å². The summed E-state index contributed by atoms with van der Waals surface area (Å²) in [5.74, 6) is 0.427. The Balaban J connectivity index is 1.43. The zero-order chi connectivity index (χ0) is 18.4. The third-order valence-corrected chi connectivity index (χ3v) is 6.05. The van der Waals surface area contributed by atoms with Crippen LogP contribution in [0.4, 0.5) is 5.69 Å². The lowest BCUT2D eigenvalue weighted by molar-refractivity contribution is -0.129. The zero-order valence-corrected chi connectivity index (χ0v) is 15.9. The summed E-state index contributed by atoms with van der Waals surface area (Å²) in [6, 6.07) is 8.44. The summed E-state index contributed by atoms with van der Waals surface area (Å²) < 4.78 is 0. The van der Waals surface area contributed by atoms with Crippen molar-refractivity contribution in [3.8, 4) is 0 Å². The van der Waals surface area contributed by atoms with E-state index in [0.29, 0.717) is 6.04 Å². The summed E-state index contributed by atoms with van der Waals surface area (Å²) in [4.78, 5) is 25.0. The number of hydrogen-bond donors (Lipinski definition) is 2. The van der Waals surface area contributed by atoms with Gasteiger partial charge in [0, 0.05) is 23.6 Å². The van der Waals surface area contributed by atoms with Crippen LogP contribution in [-0.4, -0.2) is 17.9 Å². The van der Waals surface area contributed by atoms with Gasteiger partial charge in [-0.3, -0.25) is 9.59 Å². The van der Waals surface area contributed by atoms with Gasteiger partial charge in [0.1, 0.15) is 0 Å². The lowest BCUT2D eigenvalue weighted by Crippen LogP contribution is -2.41. The summed E-state index contributed by atoms with van der Waals surface area (Å²) in [6.07, 6.45) is 10.3. The van der Waals surface area contributed by atoms with Gasteiger partial charge < -0.3 is 10.6 Å². The van der Waals surface area contributed by atoms with Crippen LogP contribution in [0.2, 0.25) is 0 Å². The highest BCUT2D eigenvalue weighted by Crippen LogP contribution is 2.30. The largest absolute Gasteiger partial charge is 0.353 e. The molecular formula is C22H32N2O2. The summed E-state index contributed by atoms with van der Waals surface area (Å²) in [7, 11) is 0. The molecule has 0 spiro atoms. The molecule has 1 aromatic carbocycles. The van der Waals surface area contributed by atoms with E-state index >= 15 is 0 Å². The third kappa shape index (κ3) is 5.09. The predicted octanol–water partition coefficient (Wildman–Crippen LogP) is 4.44. The van der Waals surface area contributed by atoms with Crippen molar-refractivity contribution in [3.63, 3.8) is 0 Å². The normalized spacial score (nSPS) is 24.0. The molecule has 2 N–H and O–H groups in total. The molecule has 0 heterocycles. The Morgan fingerprint density at radius 1 is 0.846 bits per heavy atom. The van der Waals surface area contributed by atoms with Gasteiger partial charge in [-0.15, -0.1) is 0 Å².